The number of halogens is 2. The fourth-order valence-electron chi connectivity index (χ4n) is 5.12. The molecule has 2 atom stereocenters. The van der Waals surface area contributed by atoms with Crippen molar-refractivity contribution in [3.05, 3.63) is 76.7 Å². The fraction of sp³-hybridized carbons (Fsp3) is 0.387. The summed E-state index contributed by atoms with van der Waals surface area (Å²) >= 11 is 5.88. The molecule has 0 radical (unpaired) electrons. The third-order valence-electron chi connectivity index (χ3n) is 7.55. The van der Waals surface area contributed by atoms with Crippen LogP contribution in [0.4, 0.5) is 20.6 Å². The number of amides is 3. The first-order valence-electron chi connectivity index (χ1n) is 14.8. The lowest BCUT2D eigenvalue weighted by Gasteiger charge is -2.40. The third kappa shape index (κ3) is 9.77. The van der Waals surface area contributed by atoms with Crippen LogP contribution < -0.4 is 25.8 Å². The van der Waals surface area contributed by atoms with Crippen LogP contribution in [0.15, 0.2) is 54.7 Å². The van der Waals surface area contributed by atoms with Crippen molar-refractivity contribution in [2.75, 3.05) is 22.3 Å². The molecule has 242 valence electrons. The number of hydrogen-bond acceptors (Lipinski definition) is 7. The molecular formula is C31H38ClFN6O5S. The number of ether oxygens (including phenoxy) is 1. The second kappa shape index (κ2) is 15.4. The molecule has 45 heavy (non-hydrogen) atoms. The summed E-state index contributed by atoms with van der Waals surface area (Å²) in [7, 11) is -3.36. The maximum Gasteiger partial charge on any atom is 0.319 e. The van der Waals surface area contributed by atoms with Crippen LogP contribution in [0.1, 0.15) is 61.9 Å². The number of anilines is 2. The van der Waals surface area contributed by atoms with Gasteiger partial charge >= 0.3 is 6.03 Å². The summed E-state index contributed by atoms with van der Waals surface area (Å²) in [5, 5.41) is 5.29. The van der Waals surface area contributed by atoms with E-state index in [1.165, 1.54) is 0 Å². The molecule has 0 bridgehead atoms. The number of likely N-dealkylation sites (tertiary alicyclic amines) is 1. The SMILES string of the molecule is CCCCC1CC(NC(=O)Nc2cc(C(N)=O)c(Cl)cc2F)CCN1Cc1ccc(Oc2ccc(NS(=O)(=O)CC)cc2)nc1. The number of nitrogens with zero attached hydrogens (tertiary/aromatic N) is 2. The molecule has 1 saturated heterocycles. The minimum atomic E-state index is -3.36. The number of aromatic nitrogens is 1. The molecular weight excluding hydrogens is 623 g/mol. The molecule has 3 aromatic rings. The van der Waals surface area contributed by atoms with Gasteiger partial charge in [0.2, 0.25) is 21.8 Å². The molecule has 1 aliphatic heterocycles. The van der Waals surface area contributed by atoms with Crippen molar-refractivity contribution in [1.29, 1.82) is 0 Å². The predicted octanol–water partition coefficient (Wildman–Crippen LogP) is 5.87. The minimum absolute atomic E-state index is 0.0121. The van der Waals surface area contributed by atoms with Crippen molar-refractivity contribution in [3.8, 4) is 11.6 Å². The minimum Gasteiger partial charge on any atom is -0.439 e. The molecule has 3 amide bonds. The van der Waals surface area contributed by atoms with E-state index >= 15 is 0 Å². The monoisotopic (exact) mass is 660 g/mol. The van der Waals surface area contributed by atoms with Crippen molar-refractivity contribution >= 4 is 44.9 Å². The Kier molecular flexibility index (Phi) is 11.6. The van der Waals surface area contributed by atoms with E-state index in [0.717, 1.165) is 49.9 Å². The average molecular weight is 661 g/mol. The lowest BCUT2D eigenvalue weighted by Crippen LogP contribution is -2.50. The van der Waals surface area contributed by atoms with Crippen LogP contribution in [-0.4, -0.2) is 54.6 Å². The molecule has 1 aliphatic rings. The molecule has 1 aromatic heterocycles. The number of rotatable bonds is 13. The summed E-state index contributed by atoms with van der Waals surface area (Å²) in [5.41, 5.74) is 6.51. The number of hydrogen-bond donors (Lipinski definition) is 4. The summed E-state index contributed by atoms with van der Waals surface area (Å²) in [5.74, 6) is -0.659. The number of carbonyl (C=O) groups excluding carboxylic acids is 2. The van der Waals surface area contributed by atoms with E-state index in [4.69, 9.17) is 22.1 Å². The zero-order valence-electron chi connectivity index (χ0n) is 25.2. The molecule has 0 aliphatic carbocycles. The number of nitrogens with one attached hydrogen (secondary N) is 3. The highest BCUT2D eigenvalue weighted by atomic mass is 35.5. The van der Waals surface area contributed by atoms with Gasteiger partial charge in [-0.15, -0.1) is 0 Å². The molecule has 2 heterocycles. The van der Waals surface area contributed by atoms with Gasteiger partial charge in [-0.25, -0.2) is 22.6 Å². The number of carbonyl (C=O) groups is 2. The maximum atomic E-state index is 14.4. The van der Waals surface area contributed by atoms with Crippen molar-refractivity contribution in [2.45, 2.75) is 64.6 Å². The predicted molar refractivity (Wildman–Crippen MR) is 173 cm³/mol. The number of unbranched alkanes of at least 4 members (excludes halogenated alkanes) is 1. The third-order valence-corrected chi connectivity index (χ3v) is 9.17. The Morgan fingerprint density at radius 1 is 1.16 bits per heavy atom. The number of sulfonamides is 1. The summed E-state index contributed by atoms with van der Waals surface area (Å²) in [4.78, 5) is 31.1. The molecule has 11 nitrogen and oxygen atoms in total. The Bertz CT molecular complexity index is 1590. The normalized spacial score (nSPS) is 17.0. The number of primary amides is 1. The quantitative estimate of drug-likeness (QED) is 0.179. The Hall–Kier alpha value is -3.94. The van der Waals surface area contributed by atoms with E-state index < -0.39 is 27.8 Å². The van der Waals surface area contributed by atoms with Gasteiger partial charge in [0, 0.05) is 43.1 Å². The van der Waals surface area contributed by atoms with Gasteiger partial charge in [0.15, 0.2) is 0 Å². The van der Waals surface area contributed by atoms with Crippen molar-refractivity contribution in [2.24, 2.45) is 5.73 Å². The highest BCUT2D eigenvalue weighted by Crippen LogP contribution is 2.27. The number of nitrogens with two attached hydrogens (primary N) is 1. The van der Waals surface area contributed by atoms with Crippen LogP contribution in [-0.2, 0) is 16.6 Å². The molecule has 4 rings (SSSR count). The maximum absolute atomic E-state index is 14.4. The lowest BCUT2D eigenvalue weighted by atomic mass is 9.93. The second-order valence-electron chi connectivity index (χ2n) is 10.9. The molecule has 2 aromatic carbocycles. The second-order valence-corrected chi connectivity index (χ2v) is 13.3. The van der Waals surface area contributed by atoms with Crippen LogP contribution in [0, 0.1) is 5.82 Å². The van der Waals surface area contributed by atoms with E-state index in [-0.39, 0.29) is 34.1 Å². The Morgan fingerprint density at radius 3 is 2.56 bits per heavy atom. The van der Waals surface area contributed by atoms with Crippen LogP contribution in [0.3, 0.4) is 0 Å². The van der Waals surface area contributed by atoms with Gasteiger partial charge in [0.25, 0.3) is 0 Å². The number of urea groups is 1. The molecule has 2 unspecified atom stereocenters. The van der Waals surface area contributed by atoms with E-state index in [1.807, 2.05) is 6.07 Å². The van der Waals surface area contributed by atoms with Crippen molar-refractivity contribution in [1.82, 2.24) is 15.2 Å². The van der Waals surface area contributed by atoms with Gasteiger partial charge in [0.05, 0.1) is 22.0 Å². The Morgan fingerprint density at radius 2 is 1.91 bits per heavy atom. The number of benzene rings is 2. The van der Waals surface area contributed by atoms with Gasteiger partial charge in [-0.3, -0.25) is 14.4 Å². The van der Waals surface area contributed by atoms with Crippen LogP contribution in [0.25, 0.3) is 0 Å². The van der Waals surface area contributed by atoms with E-state index in [2.05, 4.69) is 32.2 Å². The van der Waals surface area contributed by atoms with E-state index in [9.17, 15) is 22.4 Å². The molecule has 0 saturated carbocycles. The van der Waals surface area contributed by atoms with Crippen LogP contribution >= 0.6 is 11.6 Å². The van der Waals surface area contributed by atoms with Gasteiger partial charge in [-0.1, -0.05) is 37.4 Å². The first kappa shape index (κ1) is 33.9. The largest absolute Gasteiger partial charge is 0.439 e. The first-order valence-corrected chi connectivity index (χ1v) is 16.8. The standard InChI is InChI=1S/C31H38ClFN6O5S/c1-3-5-6-23-15-22(36-31(41)37-28-16-25(30(34)40)26(32)17-27(28)33)13-14-39(23)19-20-7-12-29(35-18-20)44-24-10-8-21(9-11-24)38-45(42,43)4-2/h7-12,16-18,22-23,38H,3-6,13-15,19H2,1-2H3,(H2,34,40)(H2,36,37,41). The molecule has 1 fully saturated rings. The van der Waals surface area contributed by atoms with Gasteiger partial charge < -0.3 is 21.1 Å². The Balaban J connectivity index is 1.33. The van der Waals surface area contributed by atoms with E-state index in [1.54, 1.807) is 43.5 Å². The van der Waals surface area contributed by atoms with Crippen LogP contribution in [0.2, 0.25) is 5.02 Å². The zero-order valence-corrected chi connectivity index (χ0v) is 26.8. The highest BCUT2D eigenvalue weighted by Gasteiger charge is 2.29. The highest BCUT2D eigenvalue weighted by molar-refractivity contribution is 7.92. The topological polar surface area (TPSA) is 156 Å². The smallest absolute Gasteiger partial charge is 0.319 e. The molecule has 5 N–H and O–H groups in total. The summed E-state index contributed by atoms with van der Waals surface area (Å²) in [6.45, 7) is 5.13. The van der Waals surface area contributed by atoms with Gasteiger partial charge in [-0.2, -0.15) is 0 Å². The number of piperidine rings is 1. The molecule has 14 heteroatoms. The van der Waals surface area contributed by atoms with E-state index in [0.29, 0.717) is 30.3 Å². The van der Waals surface area contributed by atoms with Crippen LogP contribution in [0.5, 0.6) is 11.6 Å². The average Bonchev–Trinajstić information content (AvgIpc) is 3.00. The van der Waals surface area contributed by atoms with Crippen molar-refractivity contribution < 1.29 is 27.1 Å². The summed E-state index contributed by atoms with van der Waals surface area (Å²) in [6, 6.07) is 12.0. The van der Waals surface area contributed by atoms with Gasteiger partial charge in [-0.05, 0) is 68.1 Å². The Labute approximate surface area is 267 Å². The fourth-order valence-corrected chi connectivity index (χ4v) is 6.00. The summed E-state index contributed by atoms with van der Waals surface area (Å²) < 4.78 is 46.2. The van der Waals surface area contributed by atoms with Gasteiger partial charge in [0.1, 0.15) is 11.6 Å². The first-order chi connectivity index (χ1) is 21.5. The lowest BCUT2D eigenvalue weighted by molar-refractivity contribution is 0.1000. The zero-order chi connectivity index (χ0) is 32.6. The number of pyridine rings is 1. The van der Waals surface area contributed by atoms with Crippen molar-refractivity contribution in [3.63, 3.8) is 0 Å². The molecule has 0 spiro atoms. The summed E-state index contributed by atoms with van der Waals surface area (Å²) in [6.07, 6.45) is 6.24.